The van der Waals surface area contributed by atoms with E-state index in [0.29, 0.717) is 5.56 Å². The number of rotatable bonds is 6. The number of hydrogen-bond acceptors (Lipinski definition) is 8. The summed E-state index contributed by atoms with van der Waals surface area (Å²) in [6.07, 6.45) is 0. The Morgan fingerprint density at radius 1 is 1.31 bits per heavy atom. The Bertz CT molecular complexity index is 1440. The number of nitro groups is 1. The maximum absolute atomic E-state index is 12.8. The van der Waals surface area contributed by atoms with Crippen LogP contribution in [0.4, 0.5) is 5.69 Å². The topological polar surface area (TPSA) is 124 Å². The average Bonchev–Trinajstić information content (AvgIpc) is 3.24. The molecule has 4 rings (SSSR count). The molecule has 2 aromatic carbocycles. The smallest absolute Gasteiger partial charge is 0.333 e. The molecule has 1 N–H and O–H groups in total. The quantitative estimate of drug-likeness (QED) is 0.254. The lowest BCUT2D eigenvalue weighted by molar-refractivity contribution is -0.385. The van der Waals surface area contributed by atoms with E-state index < -0.39 is 28.7 Å². The van der Waals surface area contributed by atoms with Gasteiger partial charge in [-0.1, -0.05) is 30.3 Å². The average molecular weight is 470 g/mol. The molecule has 0 fully saturated rings. The minimum atomic E-state index is -1.08. The molecule has 32 heavy (non-hydrogen) atoms. The highest BCUT2D eigenvalue weighted by Gasteiger charge is 2.32. The SMILES string of the molecule is CCOC(=O)C(c1ccccc1)n1c(O)c(C2=c3cc([N+](=O)[O-])ccc3=NC2=O)sc1=S. The molecule has 1 atom stereocenters. The van der Waals surface area contributed by atoms with Gasteiger partial charge in [-0.2, -0.15) is 0 Å². The summed E-state index contributed by atoms with van der Waals surface area (Å²) in [7, 11) is 0. The third kappa shape index (κ3) is 3.61. The first-order chi connectivity index (χ1) is 15.3. The summed E-state index contributed by atoms with van der Waals surface area (Å²) in [4.78, 5) is 40.1. The largest absolute Gasteiger partial charge is 0.493 e. The summed E-state index contributed by atoms with van der Waals surface area (Å²) in [5, 5.41) is 22.8. The molecule has 0 aliphatic carbocycles. The number of carbonyl (C=O) groups excluding carboxylic acids is 2. The number of carbonyl (C=O) groups is 2. The van der Waals surface area contributed by atoms with Crippen molar-refractivity contribution in [3.05, 3.63) is 83.6 Å². The maximum atomic E-state index is 12.8. The molecule has 162 valence electrons. The van der Waals surface area contributed by atoms with E-state index in [9.17, 15) is 24.8 Å². The summed E-state index contributed by atoms with van der Waals surface area (Å²) in [6.45, 7) is 1.79. The summed E-state index contributed by atoms with van der Waals surface area (Å²) in [5.41, 5.74) is 0.305. The Balaban J connectivity index is 1.96. The van der Waals surface area contributed by atoms with Gasteiger partial charge in [-0.05, 0) is 30.8 Å². The van der Waals surface area contributed by atoms with Crippen molar-refractivity contribution in [3.8, 4) is 5.88 Å². The highest BCUT2D eigenvalue weighted by Crippen LogP contribution is 2.37. The molecule has 1 aromatic heterocycles. The molecule has 2 heterocycles. The van der Waals surface area contributed by atoms with Crippen molar-refractivity contribution >= 4 is 46.7 Å². The van der Waals surface area contributed by atoms with Gasteiger partial charge in [0.05, 0.1) is 22.5 Å². The number of aromatic hydroxyl groups is 1. The van der Waals surface area contributed by atoms with E-state index in [2.05, 4.69) is 4.99 Å². The van der Waals surface area contributed by atoms with Gasteiger partial charge in [0.15, 0.2) is 10.00 Å². The summed E-state index contributed by atoms with van der Waals surface area (Å²) >= 11 is 6.34. The molecule has 11 heteroatoms. The number of benzene rings is 2. The second-order valence-electron chi connectivity index (χ2n) is 6.71. The monoisotopic (exact) mass is 469 g/mol. The molecule has 9 nitrogen and oxygen atoms in total. The van der Waals surface area contributed by atoms with E-state index >= 15 is 0 Å². The molecule has 1 aliphatic heterocycles. The minimum absolute atomic E-state index is 0.00767. The Morgan fingerprint density at radius 2 is 2.03 bits per heavy atom. The number of amides is 1. The van der Waals surface area contributed by atoms with Gasteiger partial charge in [-0.3, -0.25) is 19.5 Å². The fourth-order valence-corrected chi connectivity index (χ4v) is 4.85. The van der Waals surface area contributed by atoms with Crippen LogP contribution in [0.5, 0.6) is 5.88 Å². The Morgan fingerprint density at radius 3 is 2.69 bits per heavy atom. The van der Waals surface area contributed by atoms with Crippen LogP contribution >= 0.6 is 23.6 Å². The van der Waals surface area contributed by atoms with Crippen LogP contribution in [0, 0.1) is 14.1 Å². The lowest BCUT2D eigenvalue weighted by Crippen LogP contribution is -2.24. The Kier molecular flexibility index (Phi) is 5.68. The lowest BCUT2D eigenvalue weighted by Gasteiger charge is -2.18. The molecule has 1 aliphatic rings. The molecule has 1 unspecified atom stereocenters. The number of aromatic nitrogens is 1. The molecule has 0 radical (unpaired) electrons. The molecular formula is C21H15N3O6S2. The number of nitro benzene ring substituents is 1. The fraction of sp³-hybridized carbons (Fsp3) is 0.143. The van der Waals surface area contributed by atoms with Crippen molar-refractivity contribution in [1.82, 2.24) is 4.57 Å². The summed E-state index contributed by atoms with van der Waals surface area (Å²) < 4.78 is 6.54. The second kappa shape index (κ2) is 8.44. The first-order valence-electron chi connectivity index (χ1n) is 9.41. The number of thiazole rings is 1. The number of nitrogens with zero attached hydrogens (tertiary/aromatic N) is 3. The highest BCUT2D eigenvalue weighted by atomic mass is 32.1. The molecule has 0 spiro atoms. The molecule has 0 bridgehead atoms. The van der Waals surface area contributed by atoms with Gasteiger partial charge in [0.25, 0.3) is 11.6 Å². The number of non-ortho nitro benzene ring substituents is 1. The Hall–Kier alpha value is -3.70. The van der Waals surface area contributed by atoms with Crippen molar-refractivity contribution in [2.24, 2.45) is 4.99 Å². The number of esters is 1. The van der Waals surface area contributed by atoms with Crippen LogP contribution in [0.25, 0.3) is 5.57 Å². The van der Waals surface area contributed by atoms with E-state index in [1.54, 1.807) is 37.3 Å². The van der Waals surface area contributed by atoms with Gasteiger partial charge >= 0.3 is 5.97 Å². The van der Waals surface area contributed by atoms with Crippen LogP contribution in [0.15, 0.2) is 53.5 Å². The van der Waals surface area contributed by atoms with Crippen LogP contribution in [-0.4, -0.2) is 33.1 Å². The van der Waals surface area contributed by atoms with Crippen molar-refractivity contribution in [2.75, 3.05) is 6.61 Å². The highest BCUT2D eigenvalue weighted by molar-refractivity contribution is 7.73. The molecule has 3 aromatic rings. The van der Waals surface area contributed by atoms with Gasteiger partial charge in [0, 0.05) is 17.4 Å². The van der Waals surface area contributed by atoms with Gasteiger partial charge in [-0.25, -0.2) is 9.79 Å². The third-order valence-corrected chi connectivity index (χ3v) is 6.23. The van der Waals surface area contributed by atoms with E-state index in [1.807, 2.05) is 0 Å². The molecule has 1 amide bonds. The second-order valence-corrected chi connectivity index (χ2v) is 8.35. The predicted octanol–water partition coefficient (Wildman–Crippen LogP) is 2.40. The number of ether oxygens (including phenoxy) is 1. The van der Waals surface area contributed by atoms with Crippen LogP contribution in [0.1, 0.15) is 23.4 Å². The molecular weight excluding hydrogens is 454 g/mol. The lowest BCUT2D eigenvalue weighted by atomic mass is 10.1. The first kappa shape index (κ1) is 21.5. The Labute approximate surface area is 189 Å². The van der Waals surface area contributed by atoms with E-state index in [4.69, 9.17) is 17.0 Å². The number of hydrogen-bond donors (Lipinski definition) is 1. The van der Waals surface area contributed by atoms with Crippen LogP contribution < -0.4 is 10.6 Å². The third-order valence-electron chi connectivity index (χ3n) is 4.82. The zero-order valence-corrected chi connectivity index (χ0v) is 18.2. The van der Waals surface area contributed by atoms with Crippen molar-refractivity contribution in [3.63, 3.8) is 0 Å². The van der Waals surface area contributed by atoms with Gasteiger partial charge in [0.2, 0.25) is 5.88 Å². The normalized spacial score (nSPS) is 13.4. The van der Waals surface area contributed by atoms with Crippen LogP contribution in [-0.2, 0) is 14.3 Å². The standard InChI is InChI=1S/C21H15N3O6S2/c1-2-30-20(27)16(11-6-4-3-5-7-11)23-19(26)17(32-21(23)31)15-13-10-12(24(28)29)8-9-14(13)22-18(15)25/h3-10,16,26H,2H2,1H3. The van der Waals surface area contributed by atoms with E-state index in [-0.39, 0.29) is 37.3 Å². The predicted molar refractivity (Wildman–Crippen MR) is 117 cm³/mol. The van der Waals surface area contributed by atoms with E-state index in [1.165, 1.54) is 22.8 Å². The zero-order chi connectivity index (χ0) is 23.0. The molecule has 0 saturated carbocycles. The van der Waals surface area contributed by atoms with Crippen LogP contribution in [0.3, 0.4) is 0 Å². The zero-order valence-electron chi connectivity index (χ0n) is 16.5. The fourth-order valence-electron chi connectivity index (χ4n) is 3.45. The van der Waals surface area contributed by atoms with Crippen molar-refractivity contribution in [1.29, 1.82) is 0 Å². The minimum Gasteiger partial charge on any atom is -0.493 e. The van der Waals surface area contributed by atoms with Gasteiger partial charge in [0.1, 0.15) is 4.88 Å². The summed E-state index contributed by atoms with van der Waals surface area (Å²) in [6, 6.07) is 11.4. The van der Waals surface area contributed by atoms with E-state index in [0.717, 1.165) is 11.3 Å². The molecule has 0 saturated heterocycles. The first-order valence-corrected chi connectivity index (χ1v) is 10.6. The van der Waals surface area contributed by atoms with Crippen LogP contribution in [0.2, 0.25) is 0 Å². The van der Waals surface area contributed by atoms with Crippen molar-refractivity contribution < 1.29 is 24.4 Å². The van der Waals surface area contributed by atoms with Crippen molar-refractivity contribution in [2.45, 2.75) is 13.0 Å². The number of fused-ring (bicyclic) bond motifs is 1. The van der Waals surface area contributed by atoms with Gasteiger partial charge in [-0.15, -0.1) is 11.3 Å². The summed E-state index contributed by atoms with van der Waals surface area (Å²) in [5.74, 6) is -1.70. The van der Waals surface area contributed by atoms with Gasteiger partial charge < -0.3 is 9.84 Å². The maximum Gasteiger partial charge on any atom is 0.333 e.